The molecule has 0 N–H and O–H groups in total. The molecule has 0 radical (unpaired) electrons. The number of pyridine rings is 2. The molecule has 3 aromatic heterocycles. The summed E-state index contributed by atoms with van der Waals surface area (Å²) in [7, 11) is 0. The van der Waals surface area contributed by atoms with Gasteiger partial charge in [0.25, 0.3) is 0 Å². The van der Waals surface area contributed by atoms with Crippen molar-refractivity contribution in [1.82, 2.24) is 19.5 Å². The highest BCUT2D eigenvalue weighted by atomic mass is 35.5. The minimum atomic E-state index is 0.371. The van der Waals surface area contributed by atoms with Crippen molar-refractivity contribution in [2.75, 3.05) is 0 Å². The summed E-state index contributed by atoms with van der Waals surface area (Å²) in [6.07, 6.45) is 5.41. The van der Waals surface area contributed by atoms with Gasteiger partial charge < -0.3 is 4.57 Å². The number of hydrogen-bond donors (Lipinski definition) is 0. The number of aromatic nitrogens is 4. The van der Waals surface area contributed by atoms with Crippen LogP contribution in [0.1, 0.15) is 17.0 Å². The van der Waals surface area contributed by atoms with Crippen molar-refractivity contribution in [3.05, 3.63) is 53.7 Å². The van der Waals surface area contributed by atoms with Crippen molar-refractivity contribution in [3.8, 4) is 0 Å². The van der Waals surface area contributed by atoms with Crippen molar-refractivity contribution < 1.29 is 0 Å². The summed E-state index contributed by atoms with van der Waals surface area (Å²) in [6, 6.07) is 5.92. The lowest BCUT2D eigenvalue weighted by molar-refractivity contribution is 0.767. The summed E-state index contributed by atoms with van der Waals surface area (Å²) < 4.78 is 2.05. The zero-order valence-electron chi connectivity index (χ0n) is 10.5. The van der Waals surface area contributed by atoms with Gasteiger partial charge in [-0.15, -0.1) is 11.6 Å². The summed E-state index contributed by atoms with van der Waals surface area (Å²) in [4.78, 5) is 13.1. The number of aryl methyl sites for hydroxylation is 1. The summed E-state index contributed by atoms with van der Waals surface area (Å²) in [5.41, 5.74) is 4.01. The van der Waals surface area contributed by atoms with Gasteiger partial charge >= 0.3 is 0 Å². The van der Waals surface area contributed by atoms with Gasteiger partial charge in [-0.1, -0.05) is 6.07 Å². The first-order chi connectivity index (χ1) is 9.29. The minimum absolute atomic E-state index is 0.371. The molecule has 3 heterocycles. The van der Waals surface area contributed by atoms with Gasteiger partial charge in [0.2, 0.25) is 0 Å². The number of halogens is 1. The van der Waals surface area contributed by atoms with Crippen molar-refractivity contribution in [1.29, 1.82) is 0 Å². The molecule has 3 rings (SSSR count). The van der Waals surface area contributed by atoms with Crippen LogP contribution in [-0.2, 0) is 12.4 Å². The minimum Gasteiger partial charge on any atom is -0.307 e. The molecule has 96 valence electrons. The van der Waals surface area contributed by atoms with E-state index in [9.17, 15) is 0 Å². The van der Waals surface area contributed by atoms with E-state index in [1.165, 1.54) is 0 Å². The van der Waals surface area contributed by atoms with Crippen LogP contribution in [0.4, 0.5) is 0 Å². The highest BCUT2D eigenvalue weighted by Gasteiger charge is 2.12. The lowest BCUT2D eigenvalue weighted by Gasteiger charge is -2.06. The molecular formula is C14H13ClN4. The number of imidazole rings is 1. The Balaban J connectivity index is 2.14. The van der Waals surface area contributed by atoms with E-state index in [0.717, 1.165) is 28.1 Å². The Kier molecular flexibility index (Phi) is 3.17. The lowest BCUT2D eigenvalue weighted by atomic mass is 10.2. The van der Waals surface area contributed by atoms with Crippen LogP contribution in [0.25, 0.3) is 11.2 Å². The van der Waals surface area contributed by atoms with Gasteiger partial charge in [-0.25, -0.2) is 9.97 Å². The Labute approximate surface area is 116 Å². The van der Waals surface area contributed by atoms with Crippen molar-refractivity contribution in [2.24, 2.45) is 0 Å². The predicted molar refractivity (Wildman–Crippen MR) is 75.2 cm³/mol. The molecule has 0 aliphatic carbocycles. The van der Waals surface area contributed by atoms with Crippen LogP contribution in [0.15, 0.2) is 36.8 Å². The van der Waals surface area contributed by atoms with Crippen molar-refractivity contribution in [3.63, 3.8) is 0 Å². The topological polar surface area (TPSA) is 43.6 Å². The maximum absolute atomic E-state index is 6.00. The van der Waals surface area contributed by atoms with Crippen LogP contribution in [0.3, 0.4) is 0 Å². The zero-order chi connectivity index (χ0) is 13.2. The first kappa shape index (κ1) is 12.1. The maximum atomic E-state index is 6.00. The Morgan fingerprint density at radius 2 is 2.16 bits per heavy atom. The average Bonchev–Trinajstić information content (AvgIpc) is 2.80. The fourth-order valence-corrected chi connectivity index (χ4v) is 2.33. The number of rotatable bonds is 3. The van der Waals surface area contributed by atoms with Crippen LogP contribution in [-0.4, -0.2) is 19.5 Å². The second kappa shape index (κ2) is 4.97. The summed E-state index contributed by atoms with van der Waals surface area (Å²) in [5.74, 6) is 1.21. The van der Waals surface area contributed by atoms with E-state index in [4.69, 9.17) is 11.6 Å². The largest absolute Gasteiger partial charge is 0.307 e. The van der Waals surface area contributed by atoms with Crippen LogP contribution in [0, 0.1) is 6.92 Å². The third-order valence-corrected chi connectivity index (χ3v) is 3.34. The lowest BCUT2D eigenvalue weighted by Crippen LogP contribution is -2.04. The summed E-state index contributed by atoms with van der Waals surface area (Å²) in [5, 5.41) is 0. The highest BCUT2D eigenvalue weighted by molar-refractivity contribution is 6.16. The molecule has 0 amide bonds. The number of nitrogens with zero attached hydrogens (tertiary/aromatic N) is 4. The van der Waals surface area contributed by atoms with Crippen LogP contribution >= 0.6 is 11.6 Å². The molecule has 0 unspecified atom stereocenters. The molecule has 0 fully saturated rings. The van der Waals surface area contributed by atoms with E-state index in [1.54, 1.807) is 12.4 Å². The molecule has 0 bridgehead atoms. The molecule has 0 aliphatic rings. The van der Waals surface area contributed by atoms with E-state index in [1.807, 2.05) is 35.9 Å². The van der Waals surface area contributed by atoms with Crippen molar-refractivity contribution >= 4 is 22.8 Å². The van der Waals surface area contributed by atoms with Gasteiger partial charge in [-0.2, -0.15) is 0 Å². The standard InChI is InChI=1S/C14H13ClN4/c1-10-4-6-17-14-13(10)18-12(7-15)19(14)9-11-3-2-5-16-8-11/h2-6,8H,7,9H2,1H3. The second-order valence-electron chi connectivity index (χ2n) is 4.41. The summed E-state index contributed by atoms with van der Waals surface area (Å²) in [6.45, 7) is 2.71. The third kappa shape index (κ3) is 2.19. The molecule has 0 saturated carbocycles. The van der Waals surface area contributed by atoms with Gasteiger partial charge in [0.1, 0.15) is 11.3 Å². The number of alkyl halides is 1. The van der Waals surface area contributed by atoms with E-state index in [0.29, 0.717) is 12.4 Å². The van der Waals surface area contributed by atoms with Gasteiger partial charge in [-0.3, -0.25) is 4.98 Å². The fraction of sp³-hybridized carbons (Fsp3) is 0.214. The Morgan fingerprint density at radius 1 is 1.26 bits per heavy atom. The Bertz CT molecular complexity index is 706. The molecule has 19 heavy (non-hydrogen) atoms. The predicted octanol–water partition coefficient (Wildman–Crippen LogP) is 2.92. The first-order valence-electron chi connectivity index (χ1n) is 6.05. The highest BCUT2D eigenvalue weighted by Crippen LogP contribution is 2.19. The van der Waals surface area contributed by atoms with Gasteiger partial charge in [0.15, 0.2) is 5.65 Å². The zero-order valence-corrected chi connectivity index (χ0v) is 11.3. The van der Waals surface area contributed by atoms with E-state index < -0.39 is 0 Å². The molecule has 0 saturated heterocycles. The van der Waals surface area contributed by atoms with Crippen LogP contribution in [0.2, 0.25) is 0 Å². The number of hydrogen-bond acceptors (Lipinski definition) is 3. The van der Waals surface area contributed by atoms with E-state index >= 15 is 0 Å². The molecule has 0 atom stereocenters. The van der Waals surface area contributed by atoms with Crippen molar-refractivity contribution in [2.45, 2.75) is 19.3 Å². The molecule has 5 heteroatoms. The van der Waals surface area contributed by atoms with Crippen LogP contribution < -0.4 is 0 Å². The SMILES string of the molecule is Cc1ccnc2c1nc(CCl)n2Cc1cccnc1. The van der Waals surface area contributed by atoms with Crippen LogP contribution in [0.5, 0.6) is 0 Å². The molecule has 0 spiro atoms. The molecule has 4 nitrogen and oxygen atoms in total. The fourth-order valence-electron chi connectivity index (χ4n) is 2.13. The quantitative estimate of drug-likeness (QED) is 0.689. The van der Waals surface area contributed by atoms with Gasteiger partial charge in [0.05, 0.1) is 12.4 Å². The smallest absolute Gasteiger partial charge is 0.160 e. The first-order valence-corrected chi connectivity index (χ1v) is 6.58. The normalized spacial score (nSPS) is 11.1. The monoisotopic (exact) mass is 272 g/mol. The van der Waals surface area contributed by atoms with Gasteiger partial charge in [0, 0.05) is 18.6 Å². The van der Waals surface area contributed by atoms with Gasteiger partial charge in [-0.05, 0) is 30.2 Å². The molecule has 0 aliphatic heterocycles. The Hall–Kier alpha value is -1.94. The van der Waals surface area contributed by atoms with E-state index in [2.05, 4.69) is 15.0 Å². The second-order valence-corrected chi connectivity index (χ2v) is 4.68. The van der Waals surface area contributed by atoms with E-state index in [-0.39, 0.29) is 0 Å². The third-order valence-electron chi connectivity index (χ3n) is 3.10. The Morgan fingerprint density at radius 3 is 2.89 bits per heavy atom. The maximum Gasteiger partial charge on any atom is 0.160 e. The molecule has 3 aromatic rings. The molecule has 0 aromatic carbocycles. The summed E-state index contributed by atoms with van der Waals surface area (Å²) >= 11 is 6.00. The molecular weight excluding hydrogens is 260 g/mol. The number of fused-ring (bicyclic) bond motifs is 1. The average molecular weight is 273 g/mol.